The monoisotopic (exact) mass is 301 g/mol. The quantitative estimate of drug-likeness (QED) is 0.870. The standard InChI is InChI=1S/C14H27N5.ClH/c1-12(2)8-19-14(16-11-17-19)10-18-6-4-5-13(9-18)7-15-3;/h11-13,15H,4-10H2,1-3H3;1H. The fourth-order valence-electron chi connectivity index (χ4n) is 2.86. The van der Waals surface area contributed by atoms with Gasteiger partial charge in [0.25, 0.3) is 0 Å². The molecule has 0 spiro atoms. The zero-order valence-electron chi connectivity index (χ0n) is 12.9. The summed E-state index contributed by atoms with van der Waals surface area (Å²) in [6.45, 7) is 9.82. The van der Waals surface area contributed by atoms with Crippen LogP contribution >= 0.6 is 12.4 Å². The summed E-state index contributed by atoms with van der Waals surface area (Å²) in [7, 11) is 2.04. The summed E-state index contributed by atoms with van der Waals surface area (Å²) < 4.78 is 2.06. The number of nitrogens with one attached hydrogen (secondary N) is 1. The summed E-state index contributed by atoms with van der Waals surface area (Å²) in [6.07, 6.45) is 4.33. The minimum absolute atomic E-state index is 0. The molecule has 116 valence electrons. The van der Waals surface area contributed by atoms with Crippen molar-refractivity contribution >= 4 is 12.4 Å². The highest BCUT2D eigenvalue weighted by Crippen LogP contribution is 2.17. The van der Waals surface area contributed by atoms with Crippen molar-refractivity contribution in [2.75, 3.05) is 26.7 Å². The molecule has 1 aliphatic heterocycles. The first-order valence-electron chi connectivity index (χ1n) is 7.42. The van der Waals surface area contributed by atoms with E-state index in [1.807, 2.05) is 7.05 Å². The maximum Gasteiger partial charge on any atom is 0.141 e. The molecule has 20 heavy (non-hydrogen) atoms. The summed E-state index contributed by atoms with van der Waals surface area (Å²) in [5.41, 5.74) is 0. The molecule has 0 amide bonds. The van der Waals surface area contributed by atoms with Crippen molar-refractivity contribution in [2.24, 2.45) is 11.8 Å². The van der Waals surface area contributed by atoms with Crippen LogP contribution < -0.4 is 5.32 Å². The topological polar surface area (TPSA) is 46.0 Å². The van der Waals surface area contributed by atoms with E-state index in [4.69, 9.17) is 0 Å². The van der Waals surface area contributed by atoms with Gasteiger partial charge < -0.3 is 5.32 Å². The molecule has 0 bridgehead atoms. The van der Waals surface area contributed by atoms with E-state index in [0.29, 0.717) is 5.92 Å². The third-order valence-electron chi connectivity index (χ3n) is 3.69. The Hall–Kier alpha value is -0.650. The Morgan fingerprint density at radius 2 is 2.25 bits per heavy atom. The van der Waals surface area contributed by atoms with Gasteiger partial charge in [-0.05, 0) is 44.8 Å². The molecule has 1 fully saturated rings. The maximum atomic E-state index is 4.43. The van der Waals surface area contributed by atoms with Gasteiger partial charge in [0.05, 0.1) is 6.54 Å². The van der Waals surface area contributed by atoms with Gasteiger partial charge in [0.2, 0.25) is 0 Å². The van der Waals surface area contributed by atoms with Crippen LogP contribution in [0.1, 0.15) is 32.5 Å². The van der Waals surface area contributed by atoms with Gasteiger partial charge in [-0.1, -0.05) is 13.8 Å². The smallest absolute Gasteiger partial charge is 0.141 e. The van der Waals surface area contributed by atoms with Gasteiger partial charge in [-0.25, -0.2) is 9.67 Å². The zero-order chi connectivity index (χ0) is 13.7. The first-order chi connectivity index (χ1) is 9.19. The van der Waals surface area contributed by atoms with Crippen LogP contribution in [0.15, 0.2) is 6.33 Å². The molecule has 1 aromatic rings. The van der Waals surface area contributed by atoms with Crippen molar-refractivity contribution in [1.82, 2.24) is 25.0 Å². The molecule has 1 unspecified atom stereocenters. The molecule has 0 aromatic carbocycles. The van der Waals surface area contributed by atoms with Crippen molar-refractivity contribution in [3.63, 3.8) is 0 Å². The van der Waals surface area contributed by atoms with Crippen molar-refractivity contribution in [2.45, 2.75) is 39.8 Å². The highest BCUT2D eigenvalue weighted by atomic mass is 35.5. The molecule has 2 rings (SSSR count). The Balaban J connectivity index is 0.00000200. The van der Waals surface area contributed by atoms with Crippen LogP contribution in [0, 0.1) is 11.8 Å². The first kappa shape index (κ1) is 17.4. The molecule has 1 saturated heterocycles. The lowest BCUT2D eigenvalue weighted by Crippen LogP contribution is -2.39. The number of halogens is 1. The van der Waals surface area contributed by atoms with Gasteiger partial charge in [-0.3, -0.25) is 4.90 Å². The van der Waals surface area contributed by atoms with E-state index in [9.17, 15) is 0 Å². The van der Waals surface area contributed by atoms with Crippen molar-refractivity contribution in [1.29, 1.82) is 0 Å². The van der Waals surface area contributed by atoms with E-state index in [-0.39, 0.29) is 12.4 Å². The third kappa shape index (κ3) is 5.04. The minimum Gasteiger partial charge on any atom is -0.319 e. The number of hydrogen-bond acceptors (Lipinski definition) is 4. The number of aromatic nitrogens is 3. The Morgan fingerprint density at radius 1 is 1.45 bits per heavy atom. The van der Waals surface area contributed by atoms with E-state index in [0.717, 1.165) is 31.4 Å². The molecule has 1 aliphatic rings. The number of nitrogens with zero attached hydrogens (tertiary/aromatic N) is 4. The fourth-order valence-corrected chi connectivity index (χ4v) is 2.86. The Morgan fingerprint density at radius 3 is 2.95 bits per heavy atom. The predicted octanol–water partition coefficient (Wildman–Crippen LogP) is 1.79. The highest BCUT2D eigenvalue weighted by Gasteiger charge is 2.20. The maximum absolute atomic E-state index is 4.43. The van der Waals surface area contributed by atoms with Crippen molar-refractivity contribution in [3.8, 4) is 0 Å². The van der Waals surface area contributed by atoms with Crippen LogP contribution in [0.3, 0.4) is 0 Å². The van der Waals surface area contributed by atoms with Crippen LogP contribution in [-0.2, 0) is 13.1 Å². The number of piperidine rings is 1. The van der Waals surface area contributed by atoms with Crippen LogP contribution in [0.4, 0.5) is 0 Å². The van der Waals surface area contributed by atoms with Gasteiger partial charge in [-0.15, -0.1) is 12.4 Å². The van der Waals surface area contributed by atoms with E-state index in [1.54, 1.807) is 6.33 Å². The molecule has 1 atom stereocenters. The highest BCUT2D eigenvalue weighted by molar-refractivity contribution is 5.85. The lowest BCUT2D eigenvalue weighted by molar-refractivity contribution is 0.160. The molecule has 0 aliphatic carbocycles. The van der Waals surface area contributed by atoms with Crippen molar-refractivity contribution in [3.05, 3.63) is 12.2 Å². The molecule has 1 N–H and O–H groups in total. The minimum atomic E-state index is 0. The summed E-state index contributed by atoms with van der Waals surface area (Å²) in [4.78, 5) is 6.95. The molecule has 6 heteroatoms. The molecular weight excluding hydrogens is 274 g/mol. The largest absolute Gasteiger partial charge is 0.319 e. The van der Waals surface area contributed by atoms with Crippen LogP contribution in [0.2, 0.25) is 0 Å². The molecule has 2 heterocycles. The Labute approximate surface area is 128 Å². The normalized spacial score (nSPS) is 20.1. The summed E-state index contributed by atoms with van der Waals surface area (Å²) in [6, 6.07) is 0. The van der Waals surface area contributed by atoms with Gasteiger partial charge in [0.15, 0.2) is 0 Å². The van der Waals surface area contributed by atoms with E-state index < -0.39 is 0 Å². The van der Waals surface area contributed by atoms with Gasteiger partial charge >= 0.3 is 0 Å². The van der Waals surface area contributed by atoms with Crippen LogP contribution in [0.5, 0.6) is 0 Å². The van der Waals surface area contributed by atoms with Crippen molar-refractivity contribution < 1.29 is 0 Å². The molecule has 5 nitrogen and oxygen atoms in total. The molecule has 1 aromatic heterocycles. The van der Waals surface area contributed by atoms with E-state index >= 15 is 0 Å². The number of hydrogen-bond donors (Lipinski definition) is 1. The van der Waals surface area contributed by atoms with E-state index in [2.05, 4.69) is 38.8 Å². The average Bonchev–Trinajstić information content (AvgIpc) is 2.77. The van der Waals surface area contributed by atoms with Crippen LogP contribution in [0.25, 0.3) is 0 Å². The summed E-state index contributed by atoms with van der Waals surface area (Å²) >= 11 is 0. The lowest BCUT2D eigenvalue weighted by atomic mass is 9.98. The second kappa shape index (κ2) is 8.60. The summed E-state index contributed by atoms with van der Waals surface area (Å²) in [5.74, 6) is 2.50. The second-order valence-electron chi connectivity index (χ2n) is 6.05. The fraction of sp³-hybridized carbons (Fsp3) is 0.857. The first-order valence-corrected chi connectivity index (χ1v) is 7.42. The van der Waals surface area contributed by atoms with Gasteiger partial charge in [0.1, 0.15) is 12.2 Å². The Kier molecular flexibility index (Phi) is 7.48. The molecule has 0 saturated carbocycles. The zero-order valence-corrected chi connectivity index (χ0v) is 13.7. The molecular formula is C14H28ClN5. The molecule has 0 radical (unpaired) electrons. The van der Waals surface area contributed by atoms with E-state index in [1.165, 1.54) is 25.9 Å². The van der Waals surface area contributed by atoms with Crippen LogP contribution in [-0.4, -0.2) is 46.3 Å². The number of likely N-dealkylation sites (tertiary alicyclic amines) is 1. The SMILES string of the molecule is CNCC1CCCN(Cc2ncnn2CC(C)C)C1.Cl. The number of rotatable bonds is 6. The third-order valence-corrected chi connectivity index (χ3v) is 3.69. The lowest BCUT2D eigenvalue weighted by Gasteiger charge is -2.32. The second-order valence-corrected chi connectivity index (χ2v) is 6.05. The Bertz CT molecular complexity index is 377. The van der Waals surface area contributed by atoms with Gasteiger partial charge in [0, 0.05) is 13.1 Å². The predicted molar refractivity (Wildman–Crippen MR) is 84.0 cm³/mol. The van der Waals surface area contributed by atoms with Gasteiger partial charge in [-0.2, -0.15) is 5.10 Å². The summed E-state index contributed by atoms with van der Waals surface area (Å²) in [5, 5.41) is 7.64. The average molecular weight is 302 g/mol.